The van der Waals surface area contributed by atoms with Crippen molar-refractivity contribution in [2.24, 2.45) is 5.92 Å². The van der Waals surface area contributed by atoms with Crippen LogP contribution in [0.15, 0.2) is 29.2 Å². The zero-order chi connectivity index (χ0) is 15.1. The fourth-order valence-corrected chi connectivity index (χ4v) is 3.34. The van der Waals surface area contributed by atoms with Gasteiger partial charge in [-0.25, -0.2) is 17.2 Å². The Morgan fingerprint density at radius 2 is 1.60 bits per heavy atom. The number of alkyl halides is 5. The first kappa shape index (κ1) is 15.2. The highest BCUT2D eigenvalue weighted by atomic mass is 32.2. The fourth-order valence-electron chi connectivity index (χ4n) is 1.79. The smallest absolute Gasteiger partial charge is 0.210 e. The molecule has 0 N–H and O–H groups in total. The van der Waals surface area contributed by atoms with E-state index in [0.29, 0.717) is 12.1 Å². The van der Waals surface area contributed by atoms with Gasteiger partial charge >= 0.3 is 6.18 Å². The van der Waals surface area contributed by atoms with Gasteiger partial charge in [0.1, 0.15) is 0 Å². The molecule has 0 aliphatic carbocycles. The summed E-state index contributed by atoms with van der Waals surface area (Å²) in [7, 11) is -4.00. The molecule has 3 nitrogen and oxygen atoms in total. The van der Waals surface area contributed by atoms with E-state index in [-0.39, 0.29) is 18.0 Å². The van der Waals surface area contributed by atoms with Crippen molar-refractivity contribution in [3.63, 3.8) is 0 Å². The van der Waals surface area contributed by atoms with Gasteiger partial charge in [-0.1, -0.05) is 0 Å². The molecule has 1 aromatic rings. The fraction of sp³-hybridized carbons (Fsp3) is 0.455. The Bertz CT molecular complexity index is 576. The summed E-state index contributed by atoms with van der Waals surface area (Å²) in [4.78, 5) is -0.335. The second-order valence-electron chi connectivity index (χ2n) is 4.44. The molecule has 1 aliphatic heterocycles. The predicted molar refractivity (Wildman–Crippen MR) is 59.7 cm³/mol. The van der Waals surface area contributed by atoms with Gasteiger partial charge in [0.25, 0.3) is 0 Å². The molecule has 1 aromatic carbocycles. The van der Waals surface area contributed by atoms with Crippen LogP contribution in [-0.2, 0) is 16.2 Å². The van der Waals surface area contributed by atoms with E-state index in [1.165, 1.54) is 0 Å². The van der Waals surface area contributed by atoms with Crippen LogP contribution in [0.2, 0.25) is 0 Å². The molecule has 2 rings (SSSR count). The van der Waals surface area contributed by atoms with Gasteiger partial charge in [0, 0.05) is 19.0 Å². The highest BCUT2D eigenvalue weighted by Crippen LogP contribution is 2.32. The third-order valence-electron chi connectivity index (χ3n) is 3.05. The van der Waals surface area contributed by atoms with E-state index >= 15 is 0 Å². The van der Waals surface area contributed by atoms with Gasteiger partial charge in [0.05, 0.1) is 10.5 Å². The van der Waals surface area contributed by atoms with Crippen LogP contribution in [-0.4, -0.2) is 32.2 Å². The summed E-state index contributed by atoms with van der Waals surface area (Å²) in [5.41, 5.74) is -0.967. The van der Waals surface area contributed by atoms with Gasteiger partial charge in [-0.2, -0.15) is 17.5 Å². The van der Waals surface area contributed by atoms with E-state index in [4.69, 9.17) is 0 Å². The SMILES string of the molecule is O=S(=O)(c1ccc(C(F)(F)F)cc1)N1CC(C(F)F)C1. The molecular formula is C11H10F5NO2S. The maximum absolute atomic E-state index is 12.3. The van der Waals surface area contributed by atoms with Gasteiger partial charge < -0.3 is 0 Å². The van der Waals surface area contributed by atoms with Gasteiger partial charge in [0.15, 0.2) is 0 Å². The summed E-state index contributed by atoms with van der Waals surface area (Å²) in [6, 6.07) is 2.95. The number of halogens is 5. The van der Waals surface area contributed by atoms with Crippen LogP contribution >= 0.6 is 0 Å². The molecule has 0 atom stereocenters. The Hall–Kier alpha value is -1.22. The van der Waals surface area contributed by atoms with Crippen molar-refractivity contribution in [2.45, 2.75) is 17.5 Å². The van der Waals surface area contributed by atoms with E-state index in [0.717, 1.165) is 16.4 Å². The second-order valence-corrected chi connectivity index (χ2v) is 6.38. The Balaban J connectivity index is 2.16. The highest BCUT2D eigenvalue weighted by Gasteiger charge is 2.41. The highest BCUT2D eigenvalue weighted by molar-refractivity contribution is 7.89. The van der Waals surface area contributed by atoms with Crippen LogP contribution in [0, 0.1) is 5.92 Å². The molecule has 0 unspecified atom stereocenters. The third kappa shape index (κ3) is 2.78. The largest absolute Gasteiger partial charge is 0.416 e. The Labute approximate surface area is 112 Å². The molecule has 0 radical (unpaired) electrons. The number of hydrogen-bond acceptors (Lipinski definition) is 2. The van der Waals surface area contributed by atoms with E-state index in [2.05, 4.69) is 0 Å². The van der Waals surface area contributed by atoms with Crippen LogP contribution in [0.1, 0.15) is 5.56 Å². The van der Waals surface area contributed by atoms with E-state index in [9.17, 15) is 30.4 Å². The number of sulfonamides is 1. The van der Waals surface area contributed by atoms with Crippen molar-refractivity contribution in [3.8, 4) is 0 Å². The maximum atomic E-state index is 12.3. The number of hydrogen-bond donors (Lipinski definition) is 0. The maximum Gasteiger partial charge on any atom is 0.416 e. The summed E-state index contributed by atoms with van der Waals surface area (Å²) < 4.78 is 86.3. The lowest BCUT2D eigenvalue weighted by atomic mass is 10.1. The molecule has 1 fully saturated rings. The van der Waals surface area contributed by atoms with Crippen molar-refractivity contribution in [3.05, 3.63) is 29.8 Å². The average Bonchev–Trinajstić information content (AvgIpc) is 2.25. The van der Waals surface area contributed by atoms with Crippen molar-refractivity contribution in [1.82, 2.24) is 4.31 Å². The molecule has 0 saturated carbocycles. The number of benzene rings is 1. The first-order chi connectivity index (χ1) is 9.12. The Morgan fingerprint density at radius 3 is 2.00 bits per heavy atom. The van der Waals surface area contributed by atoms with Gasteiger partial charge in [-0.05, 0) is 24.3 Å². The summed E-state index contributed by atoms with van der Waals surface area (Å²) in [5.74, 6) is -1.01. The van der Waals surface area contributed by atoms with Gasteiger partial charge in [0.2, 0.25) is 16.4 Å². The van der Waals surface area contributed by atoms with Crippen molar-refractivity contribution in [2.75, 3.05) is 13.1 Å². The summed E-state index contributed by atoms with van der Waals surface area (Å²) in [5, 5.41) is 0. The average molecular weight is 315 g/mol. The van der Waals surface area contributed by atoms with Crippen LogP contribution in [0.4, 0.5) is 22.0 Å². The lowest BCUT2D eigenvalue weighted by molar-refractivity contribution is -0.137. The van der Waals surface area contributed by atoms with Crippen LogP contribution in [0.25, 0.3) is 0 Å². The van der Waals surface area contributed by atoms with Crippen LogP contribution < -0.4 is 0 Å². The zero-order valence-electron chi connectivity index (χ0n) is 9.94. The molecule has 112 valence electrons. The lowest BCUT2D eigenvalue weighted by Crippen LogP contribution is -2.52. The monoisotopic (exact) mass is 315 g/mol. The zero-order valence-corrected chi connectivity index (χ0v) is 10.8. The minimum absolute atomic E-state index is 0.318. The molecule has 0 bridgehead atoms. The summed E-state index contributed by atoms with van der Waals surface area (Å²) in [6.07, 6.45) is -7.16. The Morgan fingerprint density at radius 1 is 1.10 bits per heavy atom. The van der Waals surface area contributed by atoms with Crippen molar-refractivity contribution in [1.29, 1.82) is 0 Å². The topological polar surface area (TPSA) is 37.4 Å². The first-order valence-electron chi connectivity index (χ1n) is 5.58. The quantitative estimate of drug-likeness (QED) is 0.804. The summed E-state index contributed by atoms with van der Waals surface area (Å²) in [6.45, 7) is -0.637. The predicted octanol–water partition coefficient (Wildman–Crippen LogP) is 2.59. The number of nitrogens with zero attached hydrogens (tertiary/aromatic N) is 1. The van der Waals surface area contributed by atoms with E-state index in [1.54, 1.807) is 0 Å². The molecule has 0 spiro atoms. The molecule has 1 saturated heterocycles. The second kappa shape index (κ2) is 4.96. The third-order valence-corrected chi connectivity index (χ3v) is 4.90. The standard InChI is InChI=1S/C11H10F5NO2S/c12-10(13)7-5-17(6-7)20(18,19)9-3-1-8(2-4-9)11(14,15)16/h1-4,7,10H,5-6H2. The molecule has 1 aliphatic rings. The van der Waals surface area contributed by atoms with E-state index < -0.39 is 34.1 Å². The normalized spacial score (nSPS) is 18.3. The van der Waals surface area contributed by atoms with Crippen molar-refractivity contribution >= 4 is 10.0 Å². The van der Waals surface area contributed by atoms with Gasteiger partial charge in [-0.3, -0.25) is 0 Å². The number of rotatable bonds is 3. The molecule has 9 heteroatoms. The van der Waals surface area contributed by atoms with Gasteiger partial charge in [-0.15, -0.1) is 0 Å². The minimum atomic E-state index is -4.56. The summed E-state index contributed by atoms with van der Waals surface area (Å²) >= 11 is 0. The first-order valence-corrected chi connectivity index (χ1v) is 7.02. The molecule has 20 heavy (non-hydrogen) atoms. The van der Waals surface area contributed by atoms with Crippen molar-refractivity contribution < 1.29 is 30.4 Å². The van der Waals surface area contributed by atoms with E-state index in [1.807, 2.05) is 0 Å². The van der Waals surface area contributed by atoms with Crippen LogP contribution in [0.5, 0.6) is 0 Å². The molecule has 0 aromatic heterocycles. The Kier molecular flexibility index (Phi) is 3.76. The minimum Gasteiger partial charge on any atom is -0.210 e. The molecule has 0 amide bonds. The van der Waals surface area contributed by atoms with Crippen LogP contribution in [0.3, 0.4) is 0 Å². The molecule has 1 heterocycles. The lowest BCUT2D eigenvalue weighted by Gasteiger charge is -2.37. The molecular weight excluding hydrogens is 305 g/mol.